The van der Waals surface area contributed by atoms with E-state index in [1.807, 2.05) is 66.9 Å². The average Bonchev–Trinajstić information content (AvgIpc) is 3.43. The molecule has 4 aromatic rings. The molecule has 0 unspecified atom stereocenters. The lowest BCUT2D eigenvalue weighted by molar-refractivity contribution is -0.110. The number of carbonyl (C=O) groups is 1. The highest BCUT2D eigenvalue weighted by molar-refractivity contribution is 6.34. The second kappa shape index (κ2) is 8.85. The van der Waals surface area contributed by atoms with Crippen LogP contribution in [-0.2, 0) is 4.79 Å². The highest BCUT2D eigenvalue weighted by Gasteiger charge is 2.23. The number of amides is 1. The molecule has 7 nitrogen and oxygen atoms in total. The predicted molar refractivity (Wildman–Crippen MR) is 142 cm³/mol. The topological polar surface area (TPSA) is 77.1 Å². The maximum absolute atomic E-state index is 12.4. The number of rotatable bonds is 4. The van der Waals surface area contributed by atoms with Crippen molar-refractivity contribution in [3.05, 3.63) is 83.2 Å². The Labute approximate surface area is 203 Å². The van der Waals surface area contributed by atoms with Gasteiger partial charge in [0.2, 0.25) is 0 Å². The highest BCUT2D eigenvalue weighted by atomic mass is 16.2. The van der Waals surface area contributed by atoms with Crippen molar-refractivity contribution in [1.82, 2.24) is 20.1 Å². The smallest absolute Gasteiger partial charge is 0.256 e. The number of anilines is 2. The van der Waals surface area contributed by atoms with Gasteiger partial charge in [-0.3, -0.25) is 9.89 Å². The summed E-state index contributed by atoms with van der Waals surface area (Å²) in [5.74, 6) is 0.951. The lowest BCUT2D eigenvalue weighted by Gasteiger charge is -2.33. The number of nitrogens with one attached hydrogen (secondary N) is 2. The van der Waals surface area contributed by atoms with Crippen molar-refractivity contribution in [1.29, 1.82) is 0 Å². The van der Waals surface area contributed by atoms with Crippen LogP contribution >= 0.6 is 0 Å². The number of pyridine rings is 1. The number of carbonyl (C=O) groups excluding carboxylic acids is 1. The minimum Gasteiger partial charge on any atom is -0.354 e. The van der Waals surface area contributed by atoms with E-state index in [0.29, 0.717) is 5.57 Å². The lowest BCUT2D eigenvalue weighted by Crippen LogP contribution is -2.44. The molecule has 2 aromatic heterocycles. The number of hydrogen-bond donors (Lipinski definition) is 2. The van der Waals surface area contributed by atoms with Crippen LogP contribution in [0.2, 0.25) is 0 Å². The van der Waals surface area contributed by atoms with Gasteiger partial charge in [-0.05, 0) is 60.7 Å². The third kappa shape index (κ3) is 4.22. The van der Waals surface area contributed by atoms with Crippen molar-refractivity contribution in [3.8, 4) is 0 Å². The van der Waals surface area contributed by atoms with Gasteiger partial charge in [-0.15, -0.1) is 0 Å². The molecule has 0 radical (unpaired) electrons. The van der Waals surface area contributed by atoms with E-state index in [4.69, 9.17) is 0 Å². The molecule has 4 heterocycles. The first-order valence-electron chi connectivity index (χ1n) is 11.8. The second-order valence-corrected chi connectivity index (χ2v) is 9.04. The van der Waals surface area contributed by atoms with E-state index in [0.717, 1.165) is 71.0 Å². The van der Waals surface area contributed by atoms with E-state index >= 15 is 0 Å². The Morgan fingerprint density at radius 3 is 2.60 bits per heavy atom. The van der Waals surface area contributed by atoms with Gasteiger partial charge < -0.3 is 15.1 Å². The third-order valence-corrected chi connectivity index (χ3v) is 6.67. The van der Waals surface area contributed by atoms with Crippen molar-refractivity contribution >= 4 is 52.1 Å². The van der Waals surface area contributed by atoms with Crippen LogP contribution in [0.4, 0.5) is 11.5 Å². The molecule has 0 spiro atoms. The number of H-pyrrole nitrogens is 1. The molecule has 0 bridgehead atoms. The fraction of sp³-hybridized carbons (Fsp3) is 0.179. The maximum atomic E-state index is 12.4. The van der Waals surface area contributed by atoms with Gasteiger partial charge in [0.1, 0.15) is 5.82 Å². The zero-order valence-corrected chi connectivity index (χ0v) is 19.5. The Morgan fingerprint density at radius 1 is 0.943 bits per heavy atom. The van der Waals surface area contributed by atoms with E-state index in [-0.39, 0.29) is 5.91 Å². The Hall–Kier alpha value is -4.23. The van der Waals surface area contributed by atoms with E-state index in [2.05, 4.69) is 49.5 Å². The zero-order chi connectivity index (χ0) is 23.8. The maximum Gasteiger partial charge on any atom is 0.256 e. The monoisotopic (exact) mass is 462 g/mol. The summed E-state index contributed by atoms with van der Waals surface area (Å²) in [6.07, 6.45) is 7.87. The molecule has 7 heteroatoms. The van der Waals surface area contributed by atoms with Gasteiger partial charge in [0.25, 0.3) is 5.91 Å². The number of piperazine rings is 1. The van der Waals surface area contributed by atoms with Crippen LogP contribution in [-0.4, -0.2) is 59.2 Å². The molecule has 2 aromatic carbocycles. The van der Waals surface area contributed by atoms with Crippen LogP contribution in [0.1, 0.15) is 22.4 Å². The van der Waals surface area contributed by atoms with E-state index in [1.165, 1.54) is 0 Å². The molecular formula is C28H26N6O. The van der Waals surface area contributed by atoms with Crippen LogP contribution in [0.25, 0.3) is 34.7 Å². The van der Waals surface area contributed by atoms with Crippen LogP contribution in [0, 0.1) is 0 Å². The van der Waals surface area contributed by atoms with E-state index in [1.54, 1.807) is 0 Å². The summed E-state index contributed by atoms with van der Waals surface area (Å²) in [5.41, 5.74) is 6.23. The largest absolute Gasteiger partial charge is 0.354 e. The summed E-state index contributed by atoms with van der Waals surface area (Å²) < 4.78 is 0. The summed E-state index contributed by atoms with van der Waals surface area (Å²) in [7, 11) is 2.16. The normalized spacial score (nSPS) is 17.5. The summed E-state index contributed by atoms with van der Waals surface area (Å²) in [6.45, 7) is 4.14. The Balaban J connectivity index is 1.20. The van der Waals surface area contributed by atoms with Crippen LogP contribution in [0.3, 0.4) is 0 Å². The number of aromatic amines is 1. The van der Waals surface area contributed by atoms with Crippen molar-refractivity contribution in [2.75, 3.05) is 43.4 Å². The molecule has 174 valence electrons. The Morgan fingerprint density at radius 2 is 1.77 bits per heavy atom. The molecule has 1 saturated heterocycles. The van der Waals surface area contributed by atoms with Crippen molar-refractivity contribution in [3.63, 3.8) is 0 Å². The molecule has 2 aliphatic heterocycles. The minimum atomic E-state index is -0.0771. The first kappa shape index (κ1) is 21.3. The molecule has 1 fully saturated rings. The van der Waals surface area contributed by atoms with E-state index < -0.39 is 0 Å². The first-order valence-corrected chi connectivity index (χ1v) is 11.8. The molecular weight excluding hydrogens is 436 g/mol. The summed E-state index contributed by atoms with van der Waals surface area (Å²) in [4.78, 5) is 21.8. The molecule has 0 atom stereocenters. The van der Waals surface area contributed by atoms with Gasteiger partial charge >= 0.3 is 0 Å². The summed E-state index contributed by atoms with van der Waals surface area (Å²) in [5, 5.41) is 11.6. The van der Waals surface area contributed by atoms with Gasteiger partial charge in [0.05, 0.1) is 11.2 Å². The third-order valence-electron chi connectivity index (χ3n) is 6.67. The number of aromatic nitrogens is 3. The standard InChI is InChI=1S/C28H26N6O/c1-33-12-14-34(15-13-33)27-11-8-19(18-29-27)7-10-25-22-9-6-20(17-26(22)32-31-25)16-23-21-4-2-3-5-24(21)30-28(23)35/h2-11,16-18H,12-15H2,1H3,(H,30,35)(H,31,32)/b10-7+,23-16-. The Kier molecular flexibility index (Phi) is 5.39. The Bertz CT molecular complexity index is 1460. The second-order valence-electron chi connectivity index (χ2n) is 9.04. The molecule has 0 saturated carbocycles. The van der Waals surface area contributed by atoms with Gasteiger partial charge in [0.15, 0.2) is 0 Å². The SMILES string of the molecule is CN1CCN(c2ccc(/C=C/c3n[nH]c4cc(/C=C5\C(=O)Nc6ccccc65)ccc34)cn2)CC1. The van der Waals surface area contributed by atoms with Gasteiger partial charge in [-0.2, -0.15) is 5.10 Å². The summed E-state index contributed by atoms with van der Waals surface area (Å²) >= 11 is 0. The first-order chi connectivity index (χ1) is 17.1. The van der Waals surface area contributed by atoms with Gasteiger partial charge in [0, 0.05) is 54.6 Å². The van der Waals surface area contributed by atoms with Gasteiger partial charge in [-0.1, -0.05) is 30.3 Å². The number of nitrogens with zero attached hydrogens (tertiary/aromatic N) is 4. The molecule has 35 heavy (non-hydrogen) atoms. The predicted octanol–water partition coefficient (Wildman–Crippen LogP) is 4.37. The number of benzene rings is 2. The van der Waals surface area contributed by atoms with Crippen molar-refractivity contribution < 1.29 is 4.79 Å². The number of hydrogen-bond acceptors (Lipinski definition) is 5. The zero-order valence-electron chi connectivity index (χ0n) is 19.5. The van der Waals surface area contributed by atoms with Crippen LogP contribution in [0.5, 0.6) is 0 Å². The van der Waals surface area contributed by atoms with Crippen molar-refractivity contribution in [2.45, 2.75) is 0 Å². The molecule has 6 rings (SSSR count). The van der Waals surface area contributed by atoms with Crippen LogP contribution in [0.15, 0.2) is 60.8 Å². The number of fused-ring (bicyclic) bond motifs is 2. The highest BCUT2D eigenvalue weighted by Crippen LogP contribution is 2.33. The molecule has 1 amide bonds. The molecule has 2 aliphatic rings. The molecule has 0 aliphatic carbocycles. The average molecular weight is 463 g/mol. The minimum absolute atomic E-state index is 0.0771. The fourth-order valence-electron chi connectivity index (χ4n) is 4.62. The number of para-hydroxylation sites is 1. The van der Waals surface area contributed by atoms with E-state index in [9.17, 15) is 4.79 Å². The summed E-state index contributed by atoms with van der Waals surface area (Å²) in [6, 6.07) is 18.0. The van der Waals surface area contributed by atoms with Gasteiger partial charge in [-0.25, -0.2) is 4.98 Å². The van der Waals surface area contributed by atoms with Crippen LogP contribution < -0.4 is 10.2 Å². The van der Waals surface area contributed by atoms with Crippen molar-refractivity contribution in [2.24, 2.45) is 0 Å². The lowest BCUT2D eigenvalue weighted by atomic mass is 10.0. The quantitative estimate of drug-likeness (QED) is 0.441. The molecule has 2 N–H and O–H groups in total. The number of likely N-dealkylation sites (N-methyl/N-ethyl adjacent to an activating group) is 1. The fourth-order valence-corrected chi connectivity index (χ4v) is 4.62.